The van der Waals surface area contributed by atoms with E-state index in [1.165, 1.54) is 4.57 Å². The fourth-order valence-electron chi connectivity index (χ4n) is 4.33. The summed E-state index contributed by atoms with van der Waals surface area (Å²) in [4.78, 5) is 39.3. The van der Waals surface area contributed by atoms with Crippen molar-refractivity contribution >= 4 is 34.3 Å². The van der Waals surface area contributed by atoms with Crippen molar-refractivity contribution in [2.45, 2.75) is 32.4 Å². The number of aromatic nitrogens is 3. The average Bonchev–Trinajstić information content (AvgIpc) is 3.30. The molecule has 0 aliphatic heterocycles. The van der Waals surface area contributed by atoms with Crippen LogP contribution in [0.1, 0.15) is 36.6 Å². The zero-order valence-corrected chi connectivity index (χ0v) is 17.4. The molecule has 160 valence electrons. The summed E-state index contributed by atoms with van der Waals surface area (Å²) in [7, 11) is 0. The number of ether oxygens (including phenoxy) is 1. The van der Waals surface area contributed by atoms with Crippen LogP contribution in [-0.4, -0.2) is 33.1 Å². The summed E-state index contributed by atoms with van der Waals surface area (Å²) >= 11 is 0. The predicted octanol–water partition coefficient (Wildman–Crippen LogP) is 3.43. The molecule has 4 aromatic rings. The first-order valence-electron chi connectivity index (χ1n) is 10.1. The second-order valence-electron chi connectivity index (χ2n) is 7.61. The number of aromatic amines is 1. The van der Waals surface area contributed by atoms with Crippen LogP contribution in [0.2, 0.25) is 0 Å². The van der Waals surface area contributed by atoms with Gasteiger partial charge in [-0.2, -0.15) is 0 Å². The van der Waals surface area contributed by atoms with Gasteiger partial charge in [-0.15, -0.1) is 0 Å². The van der Waals surface area contributed by atoms with Crippen molar-refractivity contribution in [2.75, 3.05) is 6.61 Å². The molecule has 0 fully saturated rings. The Bertz CT molecular complexity index is 1330. The van der Waals surface area contributed by atoms with Crippen LogP contribution in [0.15, 0.2) is 53.5 Å². The molecule has 4 rings (SSSR count). The van der Waals surface area contributed by atoms with E-state index in [0.717, 1.165) is 27.5 Å². The Balaban J connectivity index is 1.91. The molecule has 2 atom stereocenters. The van der Waals surface area contributed by atoms with Crippen molar-refractivity contribution in [1.82, 2.24) is 14.1 Å². The topological polar surface area (TPSA) is 112 Å². The van der Waals surface area contributed by atoms with E-state index in [9.17, 15) is 14.4 Å². The molecule has 0 aliphatic rings. The van der Waals surface area contributed by atoms with Gasteiger partial charge in [0.2, 0.25) is 0 Å². The smallest absolute Gasteiger partial charge is 0.404 e. The standard InChI is InChI=1S/C23H24N4O4/c1-14-6-5-7-18-21(14)17(12-25-18)15(2)26-19-8-3-4-9-20(19)27(23(26)30)16(10-11-28)13-31-22(24)29/h3-9,11-12,15-16,25H,10,13H2,1-2H3,(H2,24,29). The number of primary amides is 1. The number of carbonyl (C=O) groups excluding carboxylic acids is 2. The van der Waals surface area contributed by atoms with Gasteiger partial charge in [0.25, 0.3) is 0 Å². The van der Waals surface area contributed by atoms with Crippen LogP contribution in [0.4, 0.5) is 4.79 Å². The Hall–Kier alpha value is -3.81. The van der Waals surface area contributed by atoms with E-state index >= 15 is 0 Å². The summed E-state index contributed by atoms with van der Waals surface area (Å²) in [6.45, 7) is 3.85. The molecule has 0 spiro atoms. The van der Waals surface area contributed by atoms with Gasteiger partial charge >= 0.3 is 11.8 Å². The van der Waals surface area contributed by atoms with Crippen LogP contribution < -0.4 is 11.4 Å². The minimum absolute atomic E-state index is 0.0156. The third-order valence-electron chi connectivity index (χ3n) is 5.75. The molecule has 2 unspecified atom stereocenters. The first kappa shape index (κ1) is 20.5. The lowest BCUT2D eigenvalue weighted by molar-refractivity contribution is -0.108. The second-order valence-corrected chi connectivity index (χ2v) is 7.61. The molecule has 0 saturated heterocycles. The highest BCUT2D eigenvalue weighted by Gasteiger charge is 2.25. The van der Waals surface area contributed by atoms with Gasteiger partial charge in [0.15, 0.2) is 0 Å². The van der Waals surface area contributed by atoms with Crippen molar-refractivity contribution in [3.05, 3.63) is 70.3 Å². The van der Waals surface area contributed by atoms with Crippen molar-refractivity contribution in [1.29, 1.82) is 0 Å². The summed E-state index contributed by atoms with van der Waals surface area (Å²) in [5, 5.41) is 1.08. The van der Waals surface area contributed by atoms with Gasteiger partial charge in [0.1, 0.15) is 12.9 Å². The van der Waals surface area contributed by atoms with Crippen LogP contribution in [0.25, 0.3) is 21.9 Å². The molecule has 8 heteroatoms. The molecule has 31 heavy (non-hydrogen) atoms. The summed E-state index contributed by atoms with van der Waals surface area (Å²) < 4.78 is 8.17. The number of aldehydes is 1. The van der Waals surface area contributed by atoms with Crippen molar-refractivity contribution in [3.8, 4) is 0 Å². The lowest BCUT2D eigenvalue weighted by Crippen LogP contribution is -2.32. The molecule has 0 saturated carbocycles. The molecule has 2 aromatic carbocycles. The Kier molecular flexibility index (Phi) is 5.37. The van der Waals surface area contributed by atoms with E-state index in [1.54, 1.807) is 4.57 Å². The number of carbonyl (C=O) groups is 2. The fraction of sp³-hybridized carbons (Fsp3) is 0.261. The maximum atomic E-state index is 13.6. The van der Waals surface area contributed by atoms with Gasteiger partial charge in [0.05, 0.1) is 23.1 Å². The molecule has 2 heterocycles. The van der Waals surface area contributed by atoms with Crippen molar-refractivity contribution in [2.24, 2.45) is 5.73 Å². The SMILES string of the molecule is Cc1cccc2[nH]cc(C(C)n3c(=O)n(C(CC=O)COC(N)=O)c4ccccc43)c12. The molecular formula is C23H24N4O4. The van der Waals surface area contributed by atoms with Gasteiger partial charge < -0.3 is 20.2 Å². The number of fused-ring (bicyclic) bond motifs is 2. The van der Waals surface area contributed by atoms with Gasteiger partial charge in [-0.3, -0.25) is 9.13 Å². The normalized spacial score (nSPS) is 13.4. The van der Waals surface area contributed by atoms with Gasteiger partial charge in [-0.25, -0.2) is 9.59 Å². The largest absolute Gasteiger partial charge is 0.447 e. The maximum absolute atomic E-state index is 13.6. The number of benzene rings is 2. The van der Waals surface area contributed by atoms with E-state index in [-0.39, 0.29) is 24.8 Å². The highest BCUT2D eigenvalue weighted by molar-refractivity contribution is 5.87. The zero-order valence-electron chi connectivity index (χ0n) is 17.4. The molecule has 0 radical (unpaired) electrons. The number of nitrogens with zero attached hydrogens (tertiary/aromatic N) is 2. The monoisotopic (exact) mass is 420 g/mol. The maximum Gasteiger partial charge on any atom is 0.404 e. The van der Waals surface area contributed by atoms with E-state index in [1.807, 2.05) is 62.5 Å². The van der Waals surface area contributed by atoms with Gasteiger partial charge in [0, 0.05) is 29.1 Å². The molecule has 1 amide bonds. The highest BCUT2D eigenvalue weighted by atomic mass is 16.5. The number of nitrogens with two attached hydrogens (primary N) is 1. The fourth-order valence-corrected chi connectivity index (χ4v) is 4.33. The molecule has 0 bridgehead atoms. The van der Waals surface area contributed by atoms with Gasteiger partial charge in [-0.1, -0.05) is 24.3 Å². The number of para-hydroxylation sites is 2. The Morgan fingerprint density at radius 1 is 1.16 bits per heavy atom. The summed E-state index contributed by atoms with van der Waals surface area (Å²) in [6, 6.07) is 12.5. The minimum Gasteiger partial charge on any atom is -0.447 e. The van der Waals surface area contributed by atoms with Crippen LogP contribution >= 0.6 is 0 Å². The highest BCUT2D eigenvalue weighted by Crippen LogP contribution is 2.31. The number of hydrogen-bond donors (Lipinski definition) is 2. The first-order chi connectivity index (χ1) is 14.9. The number of nitrogens with one attached hydrogen (secondary N) is 1. The van der Waals surface area contributed by atoms with E-state index in [4.69, 9.17) is 10.5 Å². The van der Waals surface area contributed by atoms with Crippen LogP contribution in [0.5, 0.6) is 0 Å². The van der Waals surface area contributed by atoms with Crippen molar-refractivity contribution < 1.29 is 14.3 Å². The molecule has 2 aromatic heterocycles. The minimum atomic E-state index is -0.949. The van der Waals surface area contributed by atoms with Crippen LogP contribution in [0, 0.1) is 6.92 Å². The van der Waals surface area contributed by atoms with E-state index < -0.39 is 12.1 Å². The van der Waals surface area contributed by atoms with Crippen LogP contribution in [0.3, 0.4) is 0 Å². The number of H-pyrrole nitrogens is 1. The lowest BCUT2D eigenvalue weighted by Gasteiger charge is -2.16. The lowest BCUT2D eigenvalue weighted by atomic mass is 10.0. The summed E-state index contributed by atoms with van der Waals surface area (Å²) in [5.74, 6) is 0. The first-order valence-corrected chi connectivity index (χ1v) is 10.1. The number of aryl methyl sites for hydroxylation is 1. The zero-order chi connectivity index (χ0) is 22.1. The third-order valence-corrected chi connectivity index (χ3v) is 5.75. The molecule has 0 aliphatic carbocycles. The number of amides is 1. The number of imidazole rings is 1. The van der Waals surface area contributed by atoms with E-state index in [2.05, 4.69) is 4.98 Å². The summed E-state index contributed by atoms with van der Waals surface area (Å²) in [5.41, 5.74) is 9.34. The Morgan fingerprint density at radius 2 is 1.87 bits per heavy atom. The third kappa shape index (κ3) is 3.50. The van der Waals surface area contributed by atoms with Crippen LogP contribution in [-0.2, 0) is 9.53 Å². The molecule has 8 nitrogen and oxygen atoms in total. The average molecular weight is 420 g/mol. The van der Waals surface area contributed by atoms with E-state index in [0.29, 0.717) is 11.8 Å². The Labute approximate surface area is 178 Å². The Morgan fingerprint density at radius 3 is 2.55 bits per heavy atom. The predicted molar refractivity (Wildman–Crippen MR) is 118 cm³/mol. The molecule has 3 N–H and O–H groups in total. The number of hydrogen-bond acceptors (Lipinski definition) is 4. The number of rotatable bonds is 7. The van der Waals surface area contributed by atoms with Crippen molar-refractivity contribution in [3.63, 3.8) is 0 Å². The second kappa shape index (κ2) is 8.14. The summed E-state index contributed by atoms with van der Waals surface area (Å²) in [6.07, 6.45) is 1.71. The van der Waals surface area contributed by atoms with Gasteiger partial charge in [-0.05, 0) is 37.6 Å². The molecular weight excluding hydrogens is 396 g/mol. The quantitative estimate of drug-likeness (QED) is 0.446.